The summed E-state index contributed by atoms with van der Waals surface area (Å²) in [5, 5.41) is 0.685. The number of halogens is 1. The van der Waals surface area contributed by atoms with Crippen LogP contribution in [0.2, 0.25) is 5.02 Å². The van der Waals surface area contributed by atoms with Gasteiger partial charge in [0.25, 0.3) is 0 Å². The Morgan fingerprint density at radius 2 is 1.86 bits per heavy atom. The van der Waals surface area contributed by atoms with Crippen LogP contribution in [0, 0.1) is 0 Å². The highest BCUT2D eigenvalue weighted by molar-refractivity contribution is 6.30. The maximum absolute atomic E-state index is 12.7. The van der Waals surface area contributed by atoms with Crippen LogP contribution in [0.1, 0.15) is 17.2 Å². The Hall–Kier alpha value is -1.84. The molecule has 0 spiro atoms. The summed E-state index contributed by atoms with van der Waals surface area (Å²) in [5.74, 6) is 0.125. The van der Waals surface area contributed by atoms with Gasteiger partial charge in [0.2, 0.25) is 5.91 Å². The van der Waals surface area contributed by atoms with E-state index in [2.05, 4.69) is 0 Å². The monoisotopic (exact) mass is 315 g/mol. The molecule has 4 heteroatoms. The molecule has 1 fully saturated rings. The number of ether oxygens (including phenoxy) is 1. The van der Waals surface area contributed by atoms with Crippen LogP contribution in [0.4, 0.5) is 0 Å². The molecule has 1 saturated heterocycles. The van der Waals surface area contributed by atoms with E-state index in [9.17, 15) is 4.79 Å². The highest BCUT2D eigenvalue weighted by Crippen LogP contribution is 2.25. The van der Waals surface area contributed by atoms with Crippen molar-refractivity contribution in [1.29, 1.82) is 0 Å². The van der Waals surface area contributed by atoms with Gasteiger partial charge in [0, 0.05) is 11.6 Å². The van der Waals surface area contributed by atoms with Gasteiger partial charge in [-0.25, -0.2) is 0 Å². The Balaban J connectivity index is 1.75. The molecule has 0 saturated carbocycles. The molecule has 3 rings (SSSR count). The molecule has 0 aromatic heterocycles. The van der Waals surface area contributed by atoms with Crippen LogP contribution < -0.4 is 0 Å². The van der Waals surface area contributed by atoms with Crippen LogP contribution in [0.15, 0.2) is 54.6 Å². The molecular formula is C18H18ClNO2. The fraction of sp³-hybridized carbons (Fsp3) is 0.278. The van der Waals surface area contributed by atoms with Gasteiger partial charge in [0.1, 0.15) is 0 Å². The van der Waals surface area contributed by atoms with Gasteiger partial charge in [-0.2, -0.15) is 0 Å². The zero-order chi connectivity index (χ0) is 15.4. The minimum Gasteiger partial charge on any atom is -0.377 e. The second kappa shape index (κ2) is 6.95. The third kappa shape index (κ3) is 3.49. The topological polar surface area (TPSA) is 29.5 Å². The molecule has 22 heavy (non-hydrogen) atoms. The summed E-state index contributed by atoms with van der Waals surface area (Å²) in [6, 6.07) is 17.5. The van der Waals surface area contributed by atoms with Crippen molar-refractivity contribution in [1.82, 2.24) is 4.90 Å². The van der Waals surface area contributed by atoms with Crippen LogP contribution in [-0.4, -0.2) is 30.6 Å². The first kappa shape index (κ1) is 15.1. The van der Waals surface area contributed by atoms with Crippen LogP contribution >= 0.6 is 11.6 Å². The summed E-state index contributed by atoms with van der Waals surface area (Å²) < 4.78 is 5.57. The fourth-order valence-corrected chi connectivity index (χ4v) is 2.86. The maximum Gasteiger partial charge on any atom is 0.227 e. The lowest BCUT2D eigenvalue weighted by Crippen LogP contribution is -2.44. The first-order valence-electron chi connectivity index (χ1n) is 7.40. The van der Waals surface area contributed by atoms with Crippen molar-refractivity contribution >= 4 is 17.5 Å². The van der Waals surface area contributed by atoms with E-state index in [1.807, 2.05) is 59.5 Å². The Morgan fingerprint density at radius 3 is 2.59 bits per heavy atom. The van der Waals surface area contributed by atoms with E-state index in [-0.39, 0.29) is 11.9 Å². The molecule has 2 aromatic rings. The highest BCUT2D eigenvalue weighted by Gasteiger charge is 2.28. The largest absolute Gasteiger partial charge is 0.377 e. The number of carbonyl (C=O) groups is 1. The number of hydrogen-bond acceptors (Lipinski definition) is 2. The van der Waals surface area contributed by atoms with Gasteiger partial charge in [-0.1, -0.05) is 54.1 Å². The molecule has 2 aromatic carbocycles. The Bertz CT molecular complexity index is 627. The Kier molecular flexibility index (Phi) is 4.76. The van der Waals surface area contributed by atoms with E-state index in [0.29, 0.717) is 31.2 Å². The summed E-state index contributed by atoms with van der Waals surface area (Å²) >= 11 is 5.89. The third-order valence-corrected chi connectivity index (χ3v) is 4.15. The van der Waals surface area contributed by atoms with E-state index in [1.54, 1.807) is 0 Å². The van der Waals surface area contributed by atoms with Crippen molar-refractivity contribution in [3.63, 3.8) is 0 Å². The molecule has 3 nitrogen and oxygen atoms in total. The second-order valence-corrected chi connectivity index (χ2v) is 5.83. The van der Waals surface area contributed by atoms with Gasteiger partial charge in [-0.3, -0.25) is 4.79 Å². The second-order valence-electron chi connectivity index (χ2n) is 5.39. The molecular weight excluding hydrogens is 298 g/mol. The Morgan fingerprint density at radius 1 is 1.14 bits per heavy atom. The fourth-order valence-electron chi connectivity index (χ4n) is 2.73. The smallest absolute Gasteiger partial charge is 0.227 e. The number of amides is 1. The van der Waals surface area contributed by atoms with Gasteiger partial charge in [0.05, 0.1) is 25.7 Å². The van der Waals surface area contributed by atoms with Gasteiger partial charge < -0.3 is 9.64 Å². The van der Waals surface area contributed by atoms with Crippen LogP contribution in [0.25, 0.3) is 0 Å². The van der Waals surface area contributed by atoms with Crippen LogP contribution in [-0.2, 0) is 16.0 Å². The minimum absolute atomic E-state index is 0.00486. The van der Waals surface area contributed by atoms with Crippen molar-refractivity contribution in [2.75, 3.05) is 19.8 Å². The summed E-state index contributed by atoms with van der Waals surface area (Å²) in [7, 11) is 0. The maximum atomic E-state index is 12.7. The lowest BCUT2D eigenvalue weighted by atomic mass is 10.0. The molecule has 1 unspecified atom stereocenters. The lowest BCUT2D eigenvalue weighted by molar-refractivity contribution is -0.139. The molecule has 114 valence electrons. The third-order valence-electron chi connectivity index (χ3n) is 3.90. The molecule has 0 N–H and O–H groups in total. The van der Waals surface area contributed by atoms with E-state index >= 15 is 0 Å². The number of nitrogens with zero attached hydrogens (tertiary/aromatic N) is 1. The normalized spacial score (nSPS) is 18.2. The predicted octanol–water partition coefficient (Wildman–Crippen LogP) is 3.48. The average molecular weight is 316 g/mol. The number of benzene rings is 2. The zero-order valence-corrected chi connectivity index (χ0v) is 13.0. The quantitative estimate of drug-likeness (QED) is 0.868. The number of rotatable bonds is 3. The van der Waals surface area contributed by atoms with Crippen molar-refractivity contribution in [3.8, 4) is 0 Å². The summed E-state index contributed by atoms with van der Waals surface area (Å²) in [5.41, 5.74) is 2.10. The van der Waals surface area contributed by atoms with E-state index in [0.717, 1.165) is 11.1 Å². The first-order chi connectivity index (χ1) is 10.7. The molecule has 0 bridgehead atoms. The van der Waals surface area contributed by atoms with Gasteiger partial charge in [-0.05, 0) is 23.3 Å². The summed E-state index contributed by atoms with van der Waals surface area (Å²) in [6.45, 7) is 1.78. The summed E-state index contributed by atoms with van der Waals surface area (Å²) in [6.07, 6.45) is 0.389. The van der Waals surface area contributed by atoms with Crippen molar-refractivity contribution in [2.24, 2.45) is 0 Å². The van der Waals surface area contributed by atoms with Gasteiger partial charge in [0.15, 0.2) is 0 Å². The molecule has 1 atom stereocenters. The average Bonchev–Trinajstić information content (AvgIpc) is 2.58. The van der Waals surface area contributed by atoms with E-state index < -0.39 is 0 Å². The molecule has 1 aliphatic rings. The standard InChI is InChI=1S/C18H18ClNO2/c19-16-8-6-14(7-9-16)12-18(21)20-10-11-22-13-17(20)15-4-2-1-3-5-15/h1-9,17H,10-13H2. The lowest BCUT2D eigenvalue weighted by Gasteiger charge is -2.36. The van der Waals surface area contributed by atoms with Crippen LogP contribution in [0.3, 0.4) is 0 Å². The highest BCUT2D eigenvalue weighted by atomic mass is 35.5. The molecule has 1 aliphatic heterocycles. The molecule has 0 radical (unpaired) electrons. The molecule has 1 heterocycles. The van der Waals surface area contributed by atoms with Gasteiger partial charge in [-0.15, -0.1) is 0 Å². The molecule has 1 amide bonds. The van der Waals surface area contributed by atoms with E-state index in [4.69, 9.17) is 16.3 Å². The number of morpholine rings is 1. The van der Waals surface area contributed by atoms with E-state index in [1.165, 1.54) is 0 Å². The van der Waals surface area contributed by atoms with Crippen molar-refractivity contribution in [2.45, 2.75) is 12.5 Å². The minimum atomic E-state index is -0.00486. The Labute approximate surface area is 135 Å². The van der Waals surface area contributed by atoms with Crippen LogP contribution in [0.5, 0.6) is 0 Å². The van der Waals surface area contributed by atoms with Crippen molar-refractivity contribution in [3.05, 3.63) is 70.7 Å². The van der Waals surface area contributed by atoms with Gasteiger partial charge >= 0.3 is 0 Å². The number of hydrogen-bond donors (Lipinski definition) is 0. The molecule has 0 aliphatic carbocycles. The SMILES string of the molecule is O=C(Cc1ccc(Cl)cc1)N1CCOCC1c1ccccc1. The first-order valence-corrected chi connectivity index (χ1v) is 7.78. The summed E-state index contributed by atoms with van der Waals surface area (Å²) in [4.78, 5) is 14.6. The predicted molar refractivity (Wildman–Crippen MR) is 86.9 cm³/mol. The van der Waals surface area contributed by atoms with Crippen molar-refractivity contribution < 1.29 is 9.53 Å². The number of carbonyl (C=O) groups excluding carboxylic acids is 1. The zero-order valence-electron chi connectivity index (χ0n) is 12.2.